The number of carbonyl (C=O) groups is 1. The van der Waals surface area contributed by atoms with Gasteiger partial charge in [-0.15, -0.1) is 0 Å². The zero-order valence-corrected chi connectivity index (χ0v) is 11.2. The summed E-state index contributed by atoms with van der Waals surface area (Å²) >= 11 is 0. The molecule has 0 fully saturated rings. The Bertz CT molecular complexity index is 423. The molecule has 0 spiro atoms. The summed E-state index contributed by atoms with van der Waals surface area (Å²) in [6.45, 7) is 2.15. The van der Waals surface area contributed by atoms with Gasteiger partial charge in [-0.05, 0) is 31.7 Å². The number of amides is 1. The molecule has 0 saturated heterocycles. The van der Waals surface area contributed by atoms with E-state index in [9.17, 15) is 9.18 Å². The third-order valence-corrected chi connectivity index (χ3v) is 2.82. The Balaban J connectivity index is 2.73. The van der Waals surface area contributed by atoms with E-state index in [0.717, 1.165) is 5.56 Å². The molecule has 1 aromatic carbocycles. The second-order valence-corrected chi connectivity index (χ2v) is 4.17. The molecule has 1 amide bonds. The lowest BCUT2D eigenvalue weighted by atomic mass is 10.2. The number of hydrogen-bond donors (Lipinski definition) is 1. The first kappa shape index (κ1) is 14.4. The summed E-state index contributed by atoms with van der Waals surface area (Å²) in [7, 11) is 4.84. The molecular weight excluding hydrogens is 235 g/mol. The second kappa shape index (κ2) is 6.35. The average molecular weight is 254 g/mol. The highest BCUT2D eigenvalue weighted by molar-refractivity contribution is 5.81. The van der Waals surface area contributed by atoms with Gasteiger partial charge in [0.1, 0.15) is 0 Å². The average Bonchev–Trinajstić information content (AvgIpc) is 2.37. The number of hydrogen-bond acceptors (Lipinski definition) is 3. The molecule has 4 nitrogen and oxygen atoms in total. The lowest BCUT2D eigenvalue weighted by Gasteiger charge is -2.21. The molecule has 1 rings (SSSR count). The predicted molar refractivity (Wildman–Crippen MR) is 67.9 cm³/mol. The van der Waals surface area contributed by atoms with Gasteiger partial charge >= 0.3 is 0 Å². The zero-order valence-electron chi connectivity index (χ0n) is 11.2. The van der Waals surface area contributed by atoms with Crippen molar-refractivity contribution in [1.29, 1.82) is 0 Å². The van der Waals surface area contributed by atoms with Gasteiger partial charge in [-0.3, -0.25) is 4.79 Å². The number of likely N-dealkylation sites (N-methyl/N-ethyl adjacent to an activating group) is 2. The van der Waals surface area contributed by atoms with Crippen LogP contribution in [0, 0.1) is 5.82 Å². The van der Waals surface area contributed by atoms with Crippen molar-refractivity contribution in [2.24, 2.45) is 0 Å². The predicted octanol–water partition coefficient (Wildman–Crippen LogP) is 1.40. The van der Waals surface area contributed by atoms with Crippen molar-refractivity contribution in [1.82, 2.24) is 10.2 Å². The molecule has 0 heterocycles. The third kappa shape index (κ3) is 3.43. The molecule has 0 aliphatic heterocycles. The monoisotopic (exact) mass is 254 g/mol. The second-order valence-electron chi connectivity index (χ2n) is 4.17. The summed E-state index contributed by atoms with van der Waals surface area (Å²) in [5.41, 5.74) is 0.729. The summed E-state index contributed by atoms with van der Waals surface area (Å²) in [5, 5.41) is 2.88. The molecule has 0 aromatic heterocycles. The molecule has 18 heavy (non-hydrogen) atoms. The van der Waals surface area contributed by atoms with Crippen LogP contribution >= 0.6 is 0 Å². The Morgan fingerprint density at radius 1 is 1.56 bits per heavy atom. The minimum Gasteiger partial charge on any atom is -0.494 e. The third-order valence-electron chi connectivity index (χ3n) is 2.82. The first-order chi connectivity index (χ1) is 8.49. The standard InChI is InChI=1S/C13H19FN2O2/c1-9(15-2)13(17)16(3)8-10-5-6-12(18-4)11(14)7-10/h5-7,9,15H,8H2,1-4H3. The molecule has 5 heteroatoms. The minimum atomic E-state index is -0.419. The molecule has 1 atom stereocenters. The molecule has 0 aliphatic carbocycles. The van der Waals surface area contributed by atoms with E-state index >= 15 is 0 Å². The number of halogens is 1. The smallest absolute Gasteiger partial charge is 0.239 e. The van der Waals surface area contributed by atoms with Gasteiger partial charge in [0.05, 0.1) is 13.2 Å². The van der Waals surface area contributed by atoms with Crippen LogP contribution in [0.25, 0.3) is 0 Å². The van der Waals surface area contributed by atoms with Crippen molar-refractivity contribution < 1.29 is 13.9 Å². The largest absolute Gasteiger partial charge is 0.494 e. The molecule has 0 radical (unpaired) electrons. The molecule has 1 aromatic rings. The van der Waals surface area contributed by atoms with E-state index in [2.05, 4.69) is 5.32 Å². The molecule has 100 valence electrons. The lowest BCUT2D eigenvalue weighted by molar-refractivity contribution is -0.132. The fourth-order valence-corrected chi connectivity index (χ4v) is 1.61. The van der Waals surface area contributed by atoms with E-state index in [1.165, 1.54) is 13.2 Å². The normalized spacial score (nSPS) is 12.1. The van der Waals surface area contributed by atoms with Crippen molar-refractivity contribution >= 4 is 5.91 Å². The minimum absolute atomic E-state index is 0.0336. The van der Waals surface area contributed by atoms with E-state index < -0.39 is 5.82 Å². The van der Waals surface area contributed by atoms with Crippen LogP contribution < -0.4 is 10.1 Å². The maximum atomic E-state index is 13.5. The fraction of sp³-hybridized carbons (Fsp3) is 0.462. The van der Waals surface area contributed by atoms with Gasteiger partial charge in [0.15, 0.2) is 11.6 Å². The van der Waals surface area contributed by atoms with Crippen molar-refractivity contribution in [2.45, 2.75) is 19.5 Å². The van der Waals surface area contributed by atoms with Gasteiger partial charge in [-0.1, -0.05) is 6.07 Å². The van der Waals surface area contributed by atoms with Crippen LogP contribution in [0.3, 0.4) is 0 Å². The van der Waals surface area contributed by atoms with Crippen LogP contribution in [-0.2, 0) is 11.3 Å². The van der Waals surface area contributed by atoms with Crippen molar-refractivity contribution in [2.75, 3.05) is 21.2 Å². The number of benzene rings is 1. The highest BCUT2D eigenvalue weighted by Gasteiger charge is 2.16. The summed E-state index contributed by atoms with van der Waals surface area (Å²) in [4.78, 5) is 13.4. The number of rotatable bonds is 5. The maximum absolute atomic E-state index is 13.5. The number of nitrogens with zero attached hydrogens (tertiary/aromatic N) is 1. The first-order valence-electron chi connectivity index (χ1n) is 5.74. The van der Waals surface area contributed by atoms with E-state index in [1.54, 1.807) is 38.1 Å². The van der Waals surface area contributed by atoms with Crippen molar-refractivity contribution in [3.8, 4) is 5.75 Å². The first-order valence-corrected chi connectivity index (χ1v) is 5.74. The molecule has 0 saturated carbocycles. The number of nitrogens with one attached hydrogen (secondary N) is 1. The number of ether oxygens (including phenoxy) is 1. The number of methoxy groups -OCH3 is 1. The van der Waals surface area contributed by atoms with E-state index in [4.69, 9.17) is 4.74 Å². The molecule has 0 aliphatic rings. The van der Waals surface area contributed by atoms with Crippen molar-refractivity contribution in [3.05, 3.63) is 29.6 Å². The van der Waals surface area contributed by atoms with Gasteiger partial charge in [0, 0.05) is 13.6 Å². The van der Waals surface area contributed by atoms with Crippen LogP contribution in [-0.4, -0.2) is 38.1 Å². The van der Waals surface area contributed by atoms with E-state index in [0.29, 0.717) is 6.54 Å². The van der Waals surface area contributed by atoms with Crippen LogP contribution in [0.4, 0.5) is 4.39 Å². The van der Waals surface area contributed by atoms with Gasteiger partial charge < -0.3 is 15.0 Å². The highest BCUT2D eigenvalue weighted by Crippen LogP contribution is 2.18. The Hall–Kier alpha value is -1.62. The van der Waals surface area contributed by atoms with Crippen LogP contribution in [0.5, 0.6) is 5.75 Å². The summed E-state index contributed by atoms with van der Waals surface area (Å²) in [5.74, 6) is -0.248. The Morgan fingerprint density at radius 2 is 2.22 bits per heavy atom. The number of carbonyl (C=O) groups excluding carboxylic acids is 1. The molecule has 1 unspecified atom stereocenters. The van der Waals surface area contributed by atoms with Gasteiger partial charge in [-0.2, -0.15) is 0 Å². The maximum Gasteiger partial charge on any atom is 0.239 e. The van der Waals surface area contributed by atoms with E-state index in [-0.39, 0.29) is 17.7 Å². The molecule has 0 bridgehead atoms. The zero-order chi connectivity index (χ0) is 13.7. The van der Waals surface area contributed by atoms with Gasteiger partial charge in [-0.25, -0.2) is 4.39 Å². The van der Waals surface area contributed by atoms with Crippen LogP contribution in [0.1, 0.15) is 12.5 Å². The Kier molecular flexibility index (Phi) is 5.09. The summed E-state index contributed by atoms with van der Waals surface area (Å²) in [6.07, 6.45) is 0. The Morgan fingerprint density at radius 3 is 2.72 bits per heavy atom. The van der Waals surface area contributed by atoms with Crippen LogP contribution in [0.15, 0.2) is 18.2 Å². The SMILES string of the molecule is CNC(C)C(=O)N(C)Cc1ccc(OC)c(F)c1. The van der Waals surface area contributed by atoms with Gasteiger partial charge in [0.25, 0.3) is 0 Å². The quantitative estimate of drug-likeness (QED) is 0.863. The summed E-state index contributed by atoms with van der Waals surface area (Å²) < 4.78 is 18.3. The highest BCUT2D eigenvalue weighted by atomic mass is 19.1. The molecular formula is C13H19FN2O2. The summed E-state index contributed by atoms with van der Waals surface area (Å²) in [6, 6.07) is 4.44. The topological polar surface area (TPSA) is 41.6 Å². The molecule has 1 N–H and O–H groups in total. The Labute approximate surface area is 107 Å². The van der Waals surface area contributed by atoms with E-state index in [1.807, 2.05) is 0 Å². The van der Waals surface area contributed by atoms with Crippen molar-refractivity contribution in [3.63, 3.8) is 0 Å². The van der Waals surface area contributed by atoms with Crippen LogP contribution in [0.2, 0.25) is 0 Å². The van der Waals surface area contributed by atoms with Gasteiger partial charge in [0.2, 0.25) is 5.91 Å². The fourth-order valence-electron chi connectivity index (χ4n) is 1.61. The lowest BCUT2D eigenvalue weighted by Crippen LogP contribution is -2.41.